The number of unbranched alkanes of at least 4 members (excludes halogenated alkanes) is 41. The van der Waals surface area contributed by atoms with E-state index in [1.807, 2.05) is 0 Å². The quantitative estimate of drug-likeness (QED) is 0.0222. The molecule has 17 nitrogen and oxygen atoms in total. The lowest BCUT2D eigenvalue weighted by Gasteiger charge is -2.21. The van der Waals surface area contributed by atoms with Gasteiger partial charge in [0, 0.05) is 25.7 Å². The molecule has 19 heteroatoms. The van der Waals surface area contributed by atoms with Crippen LogP contribution in [-0.2, 0) is 65.4 Å². The molecule has 0 amide bonds. The van der Waals surface area contributed by atoms with Crippen molar-refractivity contribution < 1.29 is 80.2 Å². The first-order valence-corrected chi connectivity index (χ1v) is 44.3. The maximum Gasteiger partial charge on any atom is 0.472 e. The Kier molecular flexibility index (Phi) is 67.8. The van der Waals surface area contributed by atoms with Crippen LogP contribution in [0.3, 0.4) is 0 Å². The number of carbonyl (C=O) groups is 4. The van der Waals surface area contributed by atoms with Gasteiger partial charge >= 0.3 is 39.5 Å². The largest absolute Gasteiger partial charge is 0.472 e. The van der Waals surface area contributed by atoms with Crippen LogP contribution in [0.15, 0.2) is 0 Å². The molecule has 0 rings (SSSR count). The Labute approximate surface area is 607 Å². The monoisotopic (exact) mass is 1450 g/mol. The molecule has 0 aliphatic heterocycles. The lowest BCUT2D eigenvalue weighted by molar-refractivity contribution is -0.161. The van der Waals surface area contributed by atoms with Crippen LogP contribution in [-0.4, -0.2) is 96.7 Å². The van der Waals surface area contributed by atoms with Crippen LogP contribution < -0.4 is 0 Å². The first-order chi connectivity index (χ1) is 47.7. The smallest absolute Gasteiger partial charge is 0.462 e. The van der Waals surface area contributed by atoms with Crippen molar-refractivity contribution in [3.63, 3.8) is 0 Å². The number of phosphoric acid groups is 2. The van der Waals surface area contributed by atoms with Crippen molar-refractivity contribution in [1.82, 2.24) is 0 Å². The predicted octanol–water partition coefficient (Wildman–Crippen LogP) is 23.6. The van der Waals surface area contributed by atoms with Gasteiger partial charge < -0.3 is 33.8 Å². The van der Waals surface area contributed by atoms with Gasteiger partial charge in [-0.05, 0) is 49.4 Å². The van der Waals surface area contributed by atoms with Crippen molar-refractivity contribution in [3.8, 4) is 0 Å². The molecule has 588 valence electrons. The first-order valence-electron chi connectivity index (χ1n) is 41.3. The van der Waals surface area contributed by atoms with Crippen molar-refractivity contribution >= 4 is 39.5 Å². The molecular weight excluding hydrogens is 1290 g/mol. The zero-order valence-electron chi connectivity index (χ0n) is 65.1. The highest BCUT2D eigenvalue weighted by molar-refractivity contribution is 7.47. The molecule has 0 bridgehead atoms. The van der Waals surface area contributed by atoms with Gasteiger partial charge in [0.2, 0.25) is 0 Å². The van der Waals surface area contributed by atoms with E-state index in [0.29, 0.717) is 25.7 Å². The van der Waals surface area contributed by atoms with Crippen molar-refractivity contribution in [1.29, 1.82) is 0 Å². The summed E-state index contributed by atoms with van der Waals surface area (Å²) in [6, 6.07) is 0. The summed E-state index contributed by atoms with van der Waals surface area (Å²) in [4.78, 5) is 73.0. The van der Waals surface area contributed by atoms with E-state index in [-0.39, 0.29) is 25.7 Å². The van der Waals surface area contributed by atoms with Crippen LogP contribution in [0.2, 0.25) is 0 Å². The summed E-state index contributed by atoms with van der Waals surface area (Å²) < 4.78 is 68.7. The Morgan fingerprint density at radius 1 is 0.283 bits per heavy atom. The highest BCUT2D eigenvalue weighted by atomic mass is 31.2. The second-order valence-corrected chi connectivity index (χ2v) is 33.1. The van der Waals surface area contributed by atoms with Crippen LogP contribution in [0.5, 0.6) is 0 Å². The van der Waals surface area contributed by atoms with E-state index in [4.69, 9.17) is 37.0 Å². The third-order valence-corrected chi connectivity index (χ3v) is 21.2. The van der Waals surface area contributed by atoms with E-state index in [1.54, 1.807) is 0 Å². The topological polar surface area (TPSA) is 237 Å². The molecule has 99 heavy (non-hydrogen) atoms. The van der Waals surface area contributed by atoms with Gasteiger partial charge in [0.05, 0.1) is 26.4 Å². The molecule has 0 aromatic rings. The van der Waals surface area contributed by atoms with Gasteiger partial charge in [-0.1, -0.05) is 357 Å². The number of ether oxygens (including phenoxy) is 4. The normalized spacial score (nSPS) is 14.6. The fraction of sp³-hybridized carbons (Fsp3) is 0.950. The summed E-state index contributed by atoms with van der Waals surface area (Å²) in [5, 5.41) is 10.6. The SMILES string of the molecule is CCC(C)CCCCCCCCCCC(=O)OC[C@H](COP(=O)(O)OC[C@H](O)COP(=O)(O)OC[C@@H](COC(=O)CCCCCCCCCCCCCCCCC(C)C)OC(=O)CCCCCCCCCCCCCCCCCC(C)C)OC(=O)CCCCCCCCCCC(C)CC. The molecule has 0 saturated heterocycles. The first kappa shape index (κ1) is 97.1. The summed E-state index contributed by atoms with van der Waals surface area (Å²) in [5.41, 5.74) is 0. The number of phosphoric ester groups is 2. The lowest BCUT2D eigenvalue weighted by Crippen LogP contribution is -2.30. The van der Waals surface area contributed by atoms with Crippen LogP contribution in [0.4, 0.5) is 0 Å². The van der Waals surface area contributed by atoms with Gasteiger partial charge in [-0.2, -0.15) is 0 Å². The Hall–Kier alpha value is -1.94. The van der Waals surface area contributed by atoms with Crippen LogP contribution >= 0.6 is 15.6 Å². The minimum absolute atomic E-state index is 0.104. The number of aliphatic hydroxyl groups excluding tert-OH is 1. The van der Waals surface area contributed by atoms with Crippen LogP contribution in [0.25, 0.3) is 0 Å². The zero-order chi connectivity index (χ0) is 73.1. The van der Waals surface area contributed by atoms with Crippen molar-refractivity contribution in [3.05, 3.63) is 0 Å². The fourth-order valence-corrected chi connectivity index (χ4v) is 13.8. The lowest BCUT2D eigenvalue weighted by atomic mass is 9.99. The van der Waals surface area contributed by atoms with Crippen LogP contribution in [0, 0.1) is 23.7 Å². The highest BCUT2D eigenvalue weighted by Gasteiger charge is 2.30. The summed E-state index contributed by atoms with van der Waals surface area (Å²) in [6.07, 6.45) is 55.4. The molecule has 0 fully saturated rings. The maximum absolute atomic E-state index is 13.1. The number of aliphatic hydroxyl groups is 1. The van der Waals surface area contributed by atoms with Crippen LogP contribution in [0.1, 0.15) is 409 Å². The second-order valence-electron chi connectivity index (χ2n) is 30.2. The van der Waals surface area contributed by atoms with Crippen molar-refractivity contribution in [2.75, 3.05) is 39.6 Å². The molecule has 7 atom stereocenters. The Bertz CT molecular complexity index is 1940. The minimum atomic E-state index is -4.96. The molecule has 3 N–H and O–H groups in total. The summed E-state index contributed by atoms with van der Waals surface area (Å²) in [7, 11) is -9.92. The van der Waals surface area contributed by atoms with Gasteiger partial charge in [0.15, 0.2) is 12.2 Å². The van der Waals surface area contributed by atoms with E-state index in [2.05, 4.69) is 55.4 Å². The van der Waals surface area contributed by atoms with Gasteiger partial charge in [0.1, 0.15) is 19.3 Å². The van der Waals surface area contributed by atoms with E-state index >= 15 is 0 Å². The highest BCUT2D eigenvalue weighted by Crippen LogP contribution is 2.45. The molecule has 0 aliphatic carbocycles. The van der Waals surface area contributed by atoms with E-state index < -0.39 is 97.5 Å². The molecular formula is C80H156O17P2. The Morgan fingerprint density at radius 2 is 0.485 bits per heavy atom. The van der Waals surface area contributed by atoms with E-state index in [0.717, 1.165) is 114 Å². The number of rotatable bonds is 77. The minimum Gasteiger partial charge on any atom is -0.462 e. The number of hydrogen-bond donors (Lipinski definition) is 3. The predicted molar refractivity (Wildman–Crippen MR) is 404 cm³/mol. The molecule has 0 spiro atoms. The number of carbonyl (C=O) groups excluding carboxylic acids is 4. The average Bonchev–Trinajstić information content (AvgIpc) is 1.01. The summed E-state index contributed by atoms with van der Waals surface area (Å²) >= 11 is 0. The maximum atomic E-state index is 13.1. The zero-order valence-corrected chi connectivity index (χ0v) is 66.9. The number of esters is 4. The summed E-state index contributed by atoms with van der Waals surface area (Å²) in [6.45, 7) is 14.3. The molecule has 0 aliphatic rings. The Morgan fingerprint density at radius 3 is 0.717 bits per heavy atom. The van der Waals surface area contributed by atoms with Crippen molar-refractivity contribution in [2.45, 2.75) is 427 Å². The van der Waals surface area contributed by atoms with Gasteiger partial charge in [-0.15, -0.1) is 0 Å². The number of hydrogen-bond acceptors (Lipinski definition) is 15. The second kappa shape index (κ2) is 69.1. The van der Waals surface area contributed by atoms with E-state index in [1.165, 1.54) is 212 Å². The summed E-state index contributed by atoms with van der Waals surface area (Å²) in [5.74, 6) is 1.03. The molecule has 0 heterocycles. The molecule has 0 saturated carbocycles. The Balaban J connectivity index is 5.26. The van der Waals surface area contributed by atoms with Crippen molar-refractivity contribution in [2.24, 2.45) is 23.7 Å². The molecule has 0 aromatic carbocycles. The molecule has 0 radical (unpaired) electrons. The van der Waals surface area contributed by atoms with Gasteiger partial charge in [-0.3, -0.25) is 37.3 Å². The third-order valence-electron chi connectivity index (χ3n) is 19.3. The van der Waals surface area contributed by atoms with E-state index in [9.17, 15) is 43.2 Å². The average molecular weight is 1450 g/mol. The molecule has 0 aromatic heterocycles. The standard InChI is InChI=1S/C80H156O17P2/c1-9-72(7)58-50-42-34-28-30-37-45-53-61-78(83)91-67-76(97-80(85)63-55-47-39-31-29-35-43-51-59-73(8)10-2)69-95-99(88,89)93-65-74(81)64-92-98(86,87)94-68-75(66-90-77(82)60-52-44-36-26-22-18-15-14-17-21-25-33-41-49-57-71(5)6)96-79(84)62-54-46-38-27-23-19-13-11-12-16-20-24-32-40-48-56-70(3)4/h70-76,81H,9-69H2,1-8H3,(H,86,87)(H,88,89)/t72?,73?,74-,75-,76-/m1/s1. The fourth-order valence-electron chi connectivity index (χ4n) is 12.2. The molecule has 4 unspecified atom stereocenters. The van der Waals surface area contributed by atoms with Gasteiger partial charge in [-0.25, -0.2) is 9.13 Å². The van der Waals surface area contributed by atoms with Gasteiger partial charge in [0.25, 0.3) is 0 Å². The third kappa shape index (κ3) is 71.5.